The number of hydrogen-bond acceptors (Lipinski definition) is 8. The fraction of sp³-hybridized carbons (Fsp3) is 0.977. The summed E-state index contributed by atoms with van der Waals surface area (Å²) in [5, 5.41) is 32.0. The van der Waals surface area contributed by atoms with Crippen LogP contribution in [0.25, 0.3) is 0 Å². The molecule has 0 aromatic carbocycles. The van der Waals surface area contributed by atoms with Crippen LogP contribution >= 0.6 is 0 Å². The Labute approximate surface area is 599 Å². The van der Waals surface area contributed by atoms with E-state index in [0.717, 1.165) is 63.2 Å². The van der Waals surface area contributed by atoms with E-state index in [4.69, 9.17) is 14.2 Å². The molecule has 9 atom stereocenters. The van der Waals surface area contributed by atoms with E-state index >= 15 is 0 Å². The van der Waals surface area contributed by atoms with Crippen LogP contribution in [0.2, 0.25) is 0 Å². The molecular formula is C88H170O8. The van der Waals surface area contributed by atoms with Gasteiger partial charge in [0.15, 0.2) is 6.29 Å². The summed E-state index contributed by atoms with van der Waals surface area (Å²) in [7, 11) is 1.41. The molecule has 2 fully saturated rings. The van der Waals surface area contributed by atoms with Crippen LogP contribution in [0.4, 0.5) is 0 Å². The van der Waals surface area contributed by atoms with Crippen LogP contribution in [-0.4, -0.2) is 71.5 Å². The Morgan fingerprint density at radius 3 is 0.938 bits per heavy atom. The van der Waals surface area contributed by atoms with E-state index in [9.17, 15) is 24.9 Å². The third kappa shape index (κ3) is 55.5. The number of ether oxygens (including phenoxy) is 3. The molecule has 0 amide bonds. The molecule has 0 spiro atoms. The van der Waals surface area contributed by atoms with Gasteiger partial charge in [-0.1, -0.05) is 445 Å². The van der Waals surface area contributed by atoms with E-state index in [0.29, 0.717) is 18.6 Å². The molecule has 1 saturated heterocycles. The Hall–Kier alpha value is -1.06. The number of hydrogen-bond donors (Lipinski definition) is 3. The number of carbonyl (C=O) groups excluding carboxylic acids is 2. The Bertz CT molecular complexity index is 1610. The van der Waals surface area contributed by atoms with Gasteiger partial charge in [-0.05, 0) is 43.9 Å². The lowest BCUT2D eigenvalue weighted by Gasteiger charge is -2.23. The van der Waals surface area contributed by atoms with Crippen LogP contribution in [0.15, 0.2) is 0 Å². The van der Waals surface area contributed by atoms with E-state index in [2.05, 4.69) is 20.8 Å². The van der Waals surface area contributed by atoms with Gasteiger partial charge in [-0.15, -0.1) is 0 Å². The smallest absolute Gasteiger partial charge is 0.311 e. The molecule has 1 aliphatic carbocycles. The molecule has 1 saturated carbocycles. The van der Waals surface area contributed by atoms with Crippen LogP contribution in [0.1, 0.15) is 483 Å². The predicted octanol–water partition coefficient (Wildman–Crippen LogP) is 27.2. The summed E-state index contributed by atoms with van der Waals surface area (Å²) in [4.78, 5) is 26.1. The normalized spacial score (nSPS) is 18.8. The molecule has 0 aromatic heterocycles. The minimum absolute atomic E-state index is 0.170. The van der Waals surface area contributed by atoms with Crippen molar-refractivity contribution in [1.29, 1.82) is 0 Å². The van der Waals surface area contributed by atoms with Crippen molar-refractivity contribution in [3.63, 3.8) is 0 Å². The molecule has 3 N–H and O–H groups in total. The van der Waals surface area contributed by atoms with Gasteiger partial charge >= 0.3 is 5.97 Å². The van der Waals surface area contributed by atoms with E-state index in [1.165, 1.54) is 405 Å². The number of carbonyl (C=O) groups is 2. The van der Waals surface area contributed by atoms with Gasteiger partial charge in [0.05, 0.1) is 12.0 Å². The maximum atomic E-state index is 13.4. The summed E-state index contributed by atoms with van der Waals surface area (Å²) in [5.74, 6) is 1.90. The molecule has 0 bridgehead atoms. The average Bonchev–Trinajstić information content (AvgIpc) is 1.82. The van der Waals surface area contributed by atoms with Crippen molar-refractivity contribution in [2.45, 2.75) is 514 Å². The Balaban J connectivity index is 1.32. The molecule has 8 heteroatoms. The number of ketones is 1. The third-order valence-electron chi connectivity index (χ3n) is 23.0. The highest BCUT2D eigenvalue weighted by Gasteiger charge is 2.44. The Morgan fingerprint density at radius 2 is 0.635 bits per heavy atom. The van der Waals surface area contributed by atoms with Gasteiger partial charge in [-0.2, -0.15) is 0 Å². The van der Waals surface area contributed by atoms with E-state index < -0.39 is 42.6 Å². The predicted molar refractivity (Wildman–Crippen MR) is 413 cm³/mol. The average molecular weight is 1360 g/mol. The van der Waals surface area contributed by atoms with Gasteiger partial charge in [0.2, 0.25) is 0 Å². The summed E-state index contributed by atoms with van der Waals surface area (Å²) in [5.41, 5.74) is 0. The first-order valence-electron chi connectivity index (χ1n) is 44.1. The van der Waals surface area contributed by atoms with Crippen molar-refractivity contribution < 1.29 is 39.1 Å². The summed E-state index contributed by atoms with van der Waals surface area (Å²) in [6, 6.07) is 0. The largest absolute Gasteiger partial charge is 0.463 e. The van der Waals surface area contributed by atoms with Crippen LogP contribution in [0.3, 0.4) is 0 Å². The zero-order valence-electron chi connectivity index (χ0n) is 65.2. The first kappa shape index (κ1) is 91.0. The molecule has 96 heavy (non-hydrogen) atoms. The summed E-state index contributed by atoms with van der Waals surface area (Å²) < 4.78 is 16.4. The molecule has 0 aromatic rings. The molecule has 570 valence electrons. The number of esters is 1. The molecule has 2 aliphatic rings. The van der Waals surface area contributed by atoms with E-state index in [1.54, 1.807) is 0 Å². The van der Waals surface area contributed by atoms with Gasteiger partial charge in [0.1, 0.15) is 30.7 Å². The number of aliphatic hydroxyl groups excluding tert-OH is 3. The van der Waals surface area contributed by atoms with Gasteiger partial charge in [-0.25, -0.2) is 0 Å². The number of Topliss-reactive ketones (excluding diaryl/α,β-unsaturated/α-hetero) is 1. The number of methoxy groups -OCH3 is 1. The Kier molecular flexibility index (Phi) is 66.0. The van der Waals surface area contributed by atoms with Gasteiger partial charge in [0, 0.05) is 19.4 Å². The van der Waals surface area contributed by atoms with Gasteiger partial charge in [-0.3, -0.25) is 9.59 Å². The van der Waals surface area contributed by atoms with Crippen LogP contribution < -0.4 is 0 Å². The maximum Gasteiger partial charge on any atom is 0.311 e. The van der Waals surface area contributed by atoms with Crippen molar-refractivity contribution in [1.82, 2.24) is 0 Å². The lowest BCUT2D eigenvalue weighted by molar-refractivity contribution is -0.170. The van der Waals surface area contributed by atoms with Gasteiger partial charge < -0.3 is 29.5 Å². The van der Waals surface area contributed by atoms with Gasteiger partial charge in [0.25, 0.3) is 0 Å². The lowest BCUT2D eigenvalue weighted by Crippen LogP contribution is -2.37. The van der Waals surface area contributed by atoms with Crippen molar-refractivity contribution >= 4 is 11.8 Å². The molecule has 1 heterocycles. The summed E-state index contributed by atoms with van der Waals surface area (Å²) >= 11 is 0. The van der Waals surface area contributed by atoms with Crippen molar-refractivity contribution in [2.75, 3.05) is 13.7 Å². The highest BCUT2D eigenvalue weighted by atomic mass is 16.7. The quantitative estimate of drug-likeness (QED) is 0.0407. The van der Waals surface area contributed by atoms with Crippen molar-refractivity contribution in [2.24, 2.45) is 23.7 Å². The maximum absolute atomic E-state index is 13.4. The highest BCUT2D eigenvalue weighted by Crippen LogP contribution is 2.46. The summed E-state index contributed by atoms with van der Waals surface area (Å²) in [6.45, 7) is 6.61. The minimum Gasteiger partial charge on any atom is -0.463 e. The highest BCUT2D eigenvalue weighted by molar-refractivity contribution is 5.80. The van der Waals surface area contributed by atoms with Crippen LogP contribution in [0, 0.1) is 23.7 Å². The standard InChI is InChI=1S/C88H170O8/c1-5-7-9-11-13-15-17-19-21-23-24-25-26-31-37-43-49-55-61-67-73-81(87(93)95-77-84-85(91)86(92)88(94-4)96-84)83(90)75-69-63-57-51-45-39-33-36-42-48-54-60-66-72-80-76-79(80)71-65-59-53-47-41-35-30-27-28-32-38-44-50-56-62-68-74-82(89)78(3)70-64-58-52-46-40-34-29-22-20-18-16-14-12-10-8-6-2/h78-81,83-86,88,90-92H,5-77H2,1-4H3/t78?,79-,80+,81+,83+,84+,85+,86-,88-/m0/s1. The van der Waals surface area contributed by atoms with Crippen LogP contribution in [-0.2, 0) is 23.8 Å². The second kappa shape index (κ2) is 69.6. The SMILES string of the molecule is CCCCCCCCCCCCCCCCCCCCCC[C@@H](C(=O)OC[C@H]1O[C@H](OC)[C@@H](O)[C@@H]1O)[C@H](O)CCCCCCCCCCCCCCC[C@@H]1C[C@@H]1CCCCCCCCCCCCCCCCCCC(=O)C(C)CCCCCCCCCCCCCCCCCC. The first-order chi connectivity index (χ1) is 47.2. The minimum atomic E-state index is -1.20. The molecule has 1 aliphatic heterocycles. The number of aliphatic hydroxyl groups is 3. The second-order valence-corrected chi connectivity index (χ2v) is 32.2. The van der Waals surface area contributed by atoms with Crippen molar-refractivity contribution in [3.8, 4) is 0 Å². The Morgan fingerprint density at radius 1 is 0.365 bits per heavy atom. The zero-order valence-corrected chi connectivity index (χ0v) is 65.2. The van der Waals surface area contributed by atoms with Crippen molar-refractivity contribution in [3.05, 3.63) is 0 Å². The molecule has 1 unspecified atom stereocenters. The molecule has 2 rings (SSSR count). The van der Waals surface area contributed by atoms with E-state index in [-0.39, 0.29) is 12.5 Å². The first-order valence-corrected chi connectivity index (χ1v) is 44.1. The molecule has 8 nitrogen and oxygen atoms in total. The fourth-order valence-corrected chi connectivity index (χ4v) is 15.9. The topological polar surface area (TPSA) is 123 Å². The molecular weight excluding hydrogens is 1180 g/mol. The van der Waals surface area contributed by atoms with Crippen LogP contribution in [0.5, 0.6) is 0 Å². The number of rotatable bonds is 79. The van der Waals surface area contributed by atoms with E-state index in [1.807, 2.05) is 0 Å². The summed E-state index contributed by atoms with van der Waals surface area (Å²) in [6.07, 6.45) is 90.9. The lowest BCUT2D eigenvalue weighted by atomic mass is 9.91. The fourth-order valence-electron chi connectivity index (χ4n) is 15.9. The number of unbranched alkanes of at least 4 members (excludes halogenated alkanes) is 61. The second-order valence-electron chi connectivity index (χ2n) is 32.2. The third-order valence-corrected chi connectivity index (χ3v) is 23.0. The molecule has 0 radical (unpaired) electrons. The monoisotopic (exact) mass is 1360 g/mol. The zero-order chi connectivity index (χ0) is 69.1.